The molecule has 0 aliphatic carbocycles. The third-order valence-electron chi connectivity index (χ3n) is 6.85. The maximum absolute atomic E-state index is 11.6. The van der Waals surface area contributed by atoms with Crippen LogP contribution in [0.2, 0.25) is 0 Å². The zero-order valence-electron chi connectivity index (χ0n) is 23.8. The van der Waals surface area contributed by atoms with Crippen LogP contribution in [0.3, 0.4) is 0 Å². The van der Waals surface area contributed by atoms with Crippen molar-refractivity contribution in [2.75, 3.05) is 9.80 Å². The van der Waals surface area contributed by atoms with E-state index < -0.39 is 5.97 Å². The summed E-state index contributed by atoms with van der Waals surface area (Å²) >= 11 is 0. The highest BCUT2D eigenvalue weighted by Crippen LogP contribution is 2.37. The summed E-state index contributed by atoms with van der Waals surface area (Å²) in [5.41, 5.74) is 8.17. The third kappa shape index (κ3) is 6.72. The monoisotopic (exact) mass is 560 g/mol. The number of rotatable bonds is 11. The molecule has 0 amide bonds. The summed E-state index contributed by atoms with van der Waals surface area (Å²) < 4.78 is 5.26. The van der Waals surface area contributed by atoms with Crippen LogP contribution in [0.25, 0.3) is 11.1 Å². The summed E-state index contributed by atoms with van der Waals surface area (Å²) in [6, 6.07) is 44.8. The van der Waals surface area contributed by atoms with Gasteiger partial charge in [-0.3, -0.25) is 0 Å². The maximum atomic E-state index is 11.6. The van der Waals surface area contributed by atoms with Gasteiger partial charge in [-0.2, -0.15) is 0 Å². The molecule has 0 heterocycles. The molecule has 0 N–H and O–H groups in total. The van der Waals surface area contributed by atoms with Crippen molar-refractivity contribution >= 4 is 34.4 Å². The van der Waals surface area contributed by atoms with Crippen molar-refractivity contribution in [2.45, 2.75) is 0 Å². The molecule has 0 radical (unpaired) electrons. The quantitative estimate of drug-likeness (QED) is 0.0696. The van der Waals surface area contributed by atoms with Gasteiger partial charge in [0.1, 0.15) is 5.75 Å². The van der Waals surface area contributed by atoms with Crippen LogP contribution in [0.5, 0.6) is 5.75 Å². The fourth-order valence-electron chi connectivity index (χ4n) is 4.83. The average Bonchev–Trinajstić information content (AvgIpc) is 3.07. The van der Waals surface area contributed by atoms with Gasteiger partial charge in [-0.15, -0.1) is 0 Å². The third-order valence-corrected chi connectivity index (χ3v) is 6.85. The van der Waals surface area contributed by atoms with Gasteiger partial charge >= 0.3 is 5.97 Å². The number of allylic oxidation sites excluding steroid dienone is 3. The molecular weight excluding hydrogens is 528 g/mol. The molecule has 4 heteroatoms. The van der Waals surface area contributed by atoms with Gasteiger partial charge in [0.05, 0.1) is 0 Å². The Balaban J connectivity index is 1.44. The first-order chi connectivity index (χ1) is 21.1. The molecule has 4 nitrogen and oxygen atoms in total. The molecule has 0 bridgehead atoms. The molecular formula is C39H32N2O2. The highest BCUT2D eigenvalue weighted by atomic mass is 16.5. The lowest BCUT2D eigenvalue weighted by atomic mass is 10.0. The van der Waals surface area contributed by atoms with Crippen molar-refractivity contribution in [1.82, 2.24) is 0 Å². The van der Waals surface area contributed by atoms with Gasteiger partial charge in [0, 0.05) is 40.2 Å². The molecule has 0 spiro atoms. The molecule has 0 atom stereocenters. The number of para-hydroxylation sites is 2. The number of anilines is 5. The Morgan fingerprint density at radius 3 is 1.47 bits per heavy atom. The number of hydrogen-bond donors (Lipinski definition) is 0. The number of carbonyl (C=O) groups is 1. The van der Waals surface area contributed by atoms with Crippen LogP contribution < -0.4 is 14.5 Å². The van der Waals surface area contributed by atoms with Crippen molar-refractivity contribution < 1.29 is 9.53 Å². The second-order valence-corrected chi connectivity index (χ2v) is 9.59. The second-order valence-electron chi connectivity index (χ2n) is 9.59. The largest absolute Gasteiger partial charge is 0.423 e. The standard InChI is InChI=1S/C39H32N2O2/c1-4-13-32(5-2)40(33-14-9-7-10-15-33)35-22-18-30(19-23-35)31-20-24-36(25-21-31)41(34-16-11-8-12-17-34)37-26-28-38(29-27-37)43-39(42)6-3/h4-29H,1-3H2/b32-13+. The summed E-state index contributed by atoms with van der Waals surface area (Å²) in [7, 11) is 0. The average molecular weight is 561 g/mol. The Hall–Kier alpha value is -5.87. The molecule has 0 saturated heterocycles. The summed E-state index contributed by atoms with van der Waals surface area (Å²) in [6.45, 7) is 11.3. The molecule has 0 unspecified atom stereocenters. The van der Waals surface area contributed by atoms with E-state index in [9.17, 15) is 4.79 Å². The van der Waals surface area contributed by atoms with Gasteiger partial charge in [-0.1, -0.05) is 86.5 Å². The minimum Gasteiger partial charge on any atom is -0.423 e. The maximum Gasteiger partial charge on any atom is 0.335 e. The molecule has 0 aliphatic heterocycles. The predicted octanol–water partition coefficient (Wildman–Crippen LogP) is 10.3. The number of carbonyl (C=O) groups excluding carboxylic acids is 1. The van der Waals surface area contributed by atoms with E-state index in [2.05, 4.69) is 102 Å². The molecule has 0 aromatic heterocycles. The topological polar surface area (TPSA) is 32.8 Å². The minimum absolute atomic E-state index is 0.464. The summed E-state index contributed by atoms with van der Waals surface area (Å²) in [5.74, 6) is -0.0232. The summed E-state index contributed by atoms with van der Waals surface area (Å²) in [5, 5.41) is 0. The highest BCUT2D eigenvalue weighted by molar-refractivity contribution is 5.84. The first-order valence-electron chi connectivity index (χ1n) is 13.9. The van der Waals surface area contributed by atoms with Crippen LogP contribution in [0, 0.1) is 0 Å². The normalized spacial score (nSPS) is 10.8. The number of ether oxygens (including phenoxy) is 1. The van der Waals surface area contributed by atoms with Crippen LogP contribution in [0.1, 0.15) is 0 Å². The Bertz CT molecular complexity index is 1720. The Morgan fingerprint density at radius 1 is 0.535 bits per heavy atom. The van der Waals surface area contributed by atoms with Crippen LogP contribution in [-0.2, 0) is 4.79 Å². The molecule has 210 valence electrons. The lowest BCUT2D eigenvalue weighted by Gasteiger charge is -2.26. The smallest absolute Gasteiger partial charge is 0.335 e. The molecule has 5 aromatic rings. The van der Waals surface area contributed by atoms with E-state index in [0.717, 1.165) is 51.3 Å². The van der Waals surface area contributed by atoms with Crippen LogP contribution in [0.4, 0.5) is 28.4 Å². The van der Waals surface area contributed by atoms with E-state index >= 15 is 0 Å². The zero-order valence-corrected chi connectivity index (χ0v) is 23.8. The van der Waals surface area contributed by atoms with E-state index in [0.29, 0.717) is 5.75 Å². The van der Waals surface area contributed by atoms with Gasteiger partial charge in [-0.05, 0) is 96.1 Å². The first-order valence-corrected chi connectivity index (χ1v) is 13.9. The Kier molecular flexibility index (Phi) is 9.10. The highest BCUT2D eigenvalue weighted by Gasteiger charge is 2.15. The molecule has 5 rings (SSSR count). The molecule has 0 saturated carbocycles. The van der Waals surface area contributed by atoms with Crippen molar-refractivity contribution in [2.24, 2.45) is 0 Å². The van der Waals surface area contributed by atoms with E-state index in [1.807, 2.05) is 60.7 Å². The van der Waals surface area contributed by atoms with Gasteiger partial charge in [0.2, 0.25) is 0 Å². The summed E-state index contributed by atoms with van der Waals surface area (Å²) in [4.78, 5) is 15.9. The fraction of sp³-hybridized carbons (Fsp3) is 0. The van der Waals surface area contributed by atoms with Gasteiger partial charge in [0.15, 0.2) is 0 Å². The van der Waals surface area contributed by atoms with Gasteiger partial charge in [0.25, 0.3) is 0 Å². The number of benzene rings is 5. The van der Waals surface area contributed by atoms with E-state index in [4.69, 9.17) is 4.74 Å². The van der Waals surface area contributed by atoms with Crippen LogP contribution in [-0.4, -0.2) is 5.97 Å². The summed E-state index contributed by atoms with van der Waals surface area (Å²) in [6.07, 6.45) is 6.71. The van der Waals surface area contributed by atoms with Crippen molar-refractivity contribution in [1.29, 1.82) is 0 Å². The first kappa shape index (κ1) is 28.7. The van der Waals surface area contributed by atoms with Gasteiger partial charge < -0.3 is 14.5 Å². The number of hydrogen-bond acceptors (Lipinski definition) is 4. The fourth-order valence-corrected chi connectivity index (χ4v) is 4.83. The Labute approximate surface area is 253 Å². The van der Waals surface area contributed by atoms with Crippen molar-refractivity contribution in [3.05, 3.63) is 183 Å². The van der Waals surface area contributed by atoms with E-state index in [1.54, 1.807) is 18.2 Å². The number of nitrogens with zero attached hydrogens (tertiary/aromatic N) is 2. The van der Waals surface area contributed by atoms with Gasteiger partial charge in [-0.25, -0.2) is 4.79 Å². The van der Waals surface area contributed by atoms with Crippen molar-refractivity contribution in [3.8, 4) is 16.9 Å². The second kappa shape index (κ2) is 13.7. The predicted molar refractivity (Wildman–Crippen MR) is 179 cm³/mol. The lowest BCUT2D eigenvalue weighted by Crippen LogP contribution is -2.14. The van der Waals surface area contributed by atoms with Crippen LogP contribution >= 0.6 is 0 Å². The zero-order chi connectivity index (χ0) is 30.0. The minimum atomic E-state index is -0.488. The molecule has 0 aliphatic rings. The van der Waals surface area contributed by atoms with Crippen molar-refractivity contribution in [3.63, 3.8) is 0 Å². The lowest BCUT2D eigenvalue weighted by molar-refractivity contribution is -0.128. The molecule has 43 heavy (non-hydrogen) atoms. The van der Waals surface area contributed by atoms with E-state index in [1.165, 1.54) is 0 Å². The Morgan fingerprint density at radius 2 is 0.977 bits per heavy atom. The number of esters is 1. The molecule has 5 aromatic carbocycles. The SMILES string of the molecule is C=C/C=C(\C=C)N(c1ccccc1)c1ccc(-c2ccc(N(c3ccccc3)c3ccc(OC(=O)C=C)cc3)cc2)cc1. The van der Waals surface area contributed by atoms with E-state index in [-0.39, 0.29) is 0 Å². The molecule has 0 fully saturated rings. The van der Waals surface area contributed by atoms with Crippen LogP contribution in [0.15, 0.2) is 183 Å².